The van der Waals surface area contributed by atoms with Crippen molar-refractivity contribution in [3.8, 4) is 5.75 Å². The molecule has 1 aromatic heterocycles. The first-order valence-corrected chi connectivity index (χ1v) is 7.97. The van der Waals surface area contributed by atoms with Gasteiger partial charge in [-0.2, -0.15) is 0 Å². The third-order valence-corrected chi connectivity index (χ3v) is 4.56. The van der Waals surface area contributed by atoms with Gasteiger partial charge in [0.25, 0.3) is 11.8 Å². The van der Waals surface area contributed by atoms with Crippen LogP contribution in [-0.4, -0.2) is 40.5 Å². The molecule has 4 rings (SSSR count). The third kappa shape index (κ3) is 2.50. The molecule has 2 amide bonds. The highest BCUT2D eigenvalue weighted by molar-refractivity contribution is 5.98. The fraction of sp³-hybridized carbons (Fsp3) is 0.278. The number of aromatic nitrogens is 1. The molecule has 0 aliphatic carbocycles. The molecule has 1 fully saturated rings. The van der Waals surface area contributed by atoms with Crippen molar-refractivity contribution in [2.24, 2.45) is 0 Å². The van der Waals surface area contributed by atoms with E-state index in [4.69, 9.17) is 4.74 Å². The lowest BCUT2D eigenvalue weighted by Gasteiger charge is -2.44. The number of carbonyl (C=O) groups is 2. The molecular weight excluding hydrogens is 306 g/mol. The number of benzene rings is 1. The highest BCUT2D eigenvalue weighted by atomic mass is 16.5. The predicted molar refractivity (Wildman–Crippen MR) is 86.6 cm³/mol. The van der Waals surface area contributed by atoms with Gasteiger partial charge in [0, 0.05) is 43.9 Å². The maximum atomic E-state index is 12.5. The Morgan fingerprint density at radius 1 is 1.12 bits per heavy atom. The van der Waals surface area contributed by atoms with E-state index in [-0.39, 0.29) is 11.8 Å². The Bertz CT molecular complexity index is 783. The SMILES string of the molecule is O=C1NC2(CCN(C(=O)c3ccncc3)CC2)Oc2ccccc21. The van der Waals surface area contributed by atoms with E-state index in [9.17, 15) is 9.59 Å². The van der Waals surface area contributed by atoms with E-state index >= 15 is 0 Å². The summed E-state index contributed by atoms with van der Waals surface area (Å²) in [6.07, 6.45) is 4.34. The molecule has 0 bridgehead atoms. The zero-order chi connectivity index (χ0) is 16.6. The Hall–Kier alpha value is -2.89. The molecule has 1 aromatic carbocycles. The molecular formula is C18H17N3O3. The van der Waals surface area contributed by atoms with Crippen LogP contribution in [0.3, 0.4) is 0 Å². The molecule has 1 saturated heterocycles. The molecule has 6 nitrogen and oxygen atoms in total. The lowest BCUT2D eigenvalue weighted by molar-refractivity contribution is -0.0245. The van der Waals surface area contributed by atoms with Crippen LogP contribution in [0.4, 0.5) is 0 Å². The summed E-state index contributed by atoms with van der Waals surface area (Å²) in [6.45, 7) is 1.06. The first-order chi connectivity index (χ1) is 11.7. The summed E-state index contributed by atoms with van der Waals surface area (Å²) < 4.78 is 6.08. The number of piperidine rings is 1. The summed E-state index contributed by atoms with van der Waals surface area (Å²) in [7, 11) is 0. The van der Waals surface area contributed by atoms with Gasteiger partial charge in [-0.15, -0.1) is 0 Å². The van der Waals surface area contributed by atoms with Crippen LogP contribution >= 0.6 is 0 Å². The first-order valence-electron chi connectivity index (χ1n) is 7.97. The van der Waals surface area contributed by atoms with Crippen LogP contribution in [0.15, 0.2) is 48.8 Å². The Morgan fingerprint density at radius 3 is 2.58 bits per heavy atom. The van der Waals surface area contributed by atoms with Gasteiger partial charge in [-0.3, -0.25) is 14.6 Å². The number of amides is 2. The van der Waals surface area contributed by atoms with Crippen molar-refractivity contribution in [3.63, 3.8) is 0 Å². The average Bonchev–Trinajstić information content (AvgIpc) is 2.62. The predicted octanol–water partition coefficient (Wildman–Crippen LogP) is 1.84. The van der Waals surface area contributed by atoms with Crippen molar-refractivity contribution >= 4 is 11.8 Å². The summed E-state index contributed by atoms with van der Waals surface area (Å²) in [4.78, 5) is 30.5. The standard InChI is InChI=1S/C18H17N3O3/c22-16-14-3-1-2-4-15(14)24-18(20-16)7-11-21(12-8-18)17(23)13-5-9-19-10-6-13/h1-6,9-10H,7-8,11-12H2,(H,20,22). The van der Waals surface area contributed by atoms with Crippen LogP contribution in [0.2, 0.25) is 0 Å². The average molecular weight is 323 g/mol. The van der Waals surface area contributed by atoms with Crippen LogP contribution in [0.5, 0.6) is 5.75 Å². The number of carbonyl (C=O) groups excluding carboxylic acids is 2. The second kappa shape index (κ2) is 5.63. The molecule has 24 heavy (non-hydrogen) atoms. The zero-order valence-electron chi connectivity index (χ0n) is 13.1. The van der Waals surface area contributed by atoms with E-state index in [1.165, 1.54) is 0 Å². The van der Waals surface area contributed by atoms with Gasteiger partial charge in [-0.25, -0.2) is 0 Å². The Labute approximate surface area is 139 Å². The molecule has 2 aliphatic heterocycles. The molecule has 0 atom stereocenters. The van der Waals surface area contributed by atoms with Gasteiger partial charge in [0.15, 0.2) is 5.72 Å². The number of nitrogens with zero attached hydrogens (tertiary/aromatic N) is 2. The monoisotopic (exact) mass is 323 g/mol. The van der Waals surface area contributed by atoms with Crippen molar-refractivity contribution < 1.29 is 14.3 Å². The maximum Gasteiger partial charge on any atom is 0.258 e. The Kier molecular flexibility index (Phi) is 3.45. The van der Waals surface area contributed by atoms with E-state index in [1.807, 2.05) is 18.2 Å². The minimum Gasteiger partial charge on any atom is -0.467 e. The molecule has 1 spiro atoms. The smallest absolute Gasteiger partial charge is 0.258 e. The topological polar surface area (TPSA) is 71.5 Å². The fourth-order valence-electron chi connectivity index (χ4n) is 3.23. The van der Waals surface area contributed by atoms with Crippen LogP contribution in [0.25, 0.3) is 0 Å². The number of likely N-dealkylation sites (tertiary alicyclic amines) is 1. The third-order valence-electron chi connectivity index (χ3n) is 4.56. The maximum absolute atomic E-state index is 12.5. The Morgan fingerprint density at radius 2 is 1.83 bits per heavy atom. The molecule has 6 heteroatoms. The van der Waals surface area contributed by atoms with Gasteiger partial charge in [-0.1, -0.05) is 12.1 Å². The summed E-state index contributed by atoms with van der Waals surface area (Å²) in [5.41, 5.74) is 0.457. The van der Waals surface area contributed by atoms with Crippen LogP contribution in [-0.2, 0) is 0 Å². The van der Waals surface area contributed by atoms with Gasteiger partial charge >= 0.3 is 0 Å². The number of hydrogen-bond acceptors (Lipinski definition) is 4. The first kappa shape index (κ1) is 14.7. The number of fused-ring (bicyclic) bond motifs is 1. The number of hydrogen-bond donors (Lipinski definition) is 1. The van der Waals surface area contributed by atoms with Crippen LogP contribution < -0.4 is 10.1 Å². The molecule has 122 valence electrons. The molecule has 0 radical (unpaired) electrons. The molecule has 3 heterocycles. The minimum absolute atomic E-state index is 0.0187. The second-order valence-corrected chi connectivity index (χ2v) is 6.07. The molecule has 2 aromatic rings. The zero-order valence-corrected chi connectivity index (χ0v) is 13.1. The Balaban J connectivity index is 1.49. The molecule has 0 saturated carbocycles. The lowest BCUT2D eigenvalue weighted by atomic mass is 9.96. The number of ether oxygens (including phenoxy) is 1. The van der Waals surface area contributed by atoms with E-state index in [0.29, 0.717) is 42.8 Å². The minimum atomic E-state index is -0.722. The normalized spacial score (nSPS) is 18.5. The van der Waals surface area contributed by atoms with Crippen molar-refractivity contribution in [3.05, 3.63) is 59.9 Å². The largest absolute Gasteiger partial charge is 0.467 e. The number of rotatable bonds is 1. The summed E-state index contributed by atoms with van der Waals surface area (Å²) in [5.74, 6) is 0.468. The van der Waals surface area contributed by atoms with Crippen LogP contribution in [0, 0.1) is 0 Å². The van der Waals surface area contributed by atoms with E-state index in [1.54, 1.807) is 35.5 Å². The second-order valence-electron chi connectivity index (χ2n) is 6.07. The quantitative estimate of drug-likeness (QED) is 0.869. The van der Waals surface area contributed by atoms with E-state index < -0.39 is 5.72 Å². The molecule has 2 aliphatic rings. The number of nitrogens with one attached hydrogen (secondary N) is 1. The van der Waals surface area contributed by atoms with Crippen LogP contribution in [0.1, 0.15) is 33.6 Å². The van der Waals surface area contributed by atoms with E-state index in [0.717, 1.165) is 0 Å². The van der Waals surface area contributed by atoms with Gasteiger partial charge in [-0.05, 0) is 24.3 Å². The van der Waals surface area contributed by atoms with Crippen molar-refractivity contribution in [1.29, 1.82) is 0 Å². The van der Waals surface area contributed by atoms with Gasteiger partial charge in [0.1, 0.15) is 5.75 Å². The summed E-state index contributed by atoms with van der Waals surface area (Å²) in [5, 5.41) is 2.98. The number of pyridine rings is 1. The van der Waals surface area contributed by atoms with Crippen molar-refractivity contribution in [1.82, 2.24) is 15.2 Å². The lowest BCUT2D eigenvalue weighted by Crippen LogP contribution is -2.61. The highest BCUT2D eigenvalue weighted by Crippen LogP contribution is 2.33. The summed E-state index contributed by atoms with van der Waals surface area (Å²) >= 11 is 0. The van der Waals surface area contributed by atoms with Gasteiger partial charge in [0.05, 0.1) is 5.56 Å². The molecule has 0 unspecified atom stereocenters. The van der Waals surface area contributed by atoms with E-state index in [2.05, 4.69) is 10.3 Å². The number of para-hydroxylation sites is 1. The van der Waals surface area contributed by atoms with Crippen molar-refractivity contribution in [2.45, 2.75) is 18.6 Å². The van der Waals surface area contributed by atoms with Gasteiger partial charge < -0.3 is 15.0 Å². The fourth-order valence-corrected chi connectivity index (χ4v) is 3.23. The summed E-state index contributed by atoms with van der Waals surface area (Å²) in [6, 6.07) is 10.6. The highest BCUT2D eigenvalue weighted by Gasteiger charge is 2.43. The van der Waals surface area contributed by atoms with Gasteiger partial charge in [0.2, 0.25) is 0 Å². The van der Waals surface area contributed by atoms with Crippen molar-refractivity contribution in [2.75, 3.05) is 13.1 Å². The molecule has 1 N–H and O–H groups in total.